The number of ketones is 1. The molecule has 2 aromatic carbocycles. The van der Waals surface area contributed by atoms with E-state index >= 15 is 0 Å². The van der Waals surface area contributed by atoms with Gasteiger partial charge in [0.1, 0.15) is 5.75 Å². The van der Waals surface area contributed by atoms with Gasteiger partial charge < -0.3 is 10.1 Å². The van der Waals surface area contributed by atoms with Crippen LogP contribution in [0.4, 0.5) is 5.69 Å². The molecular formula is C22H18ClNO3. The number of carbonyl (C=O) groups is 2. The molecule has 4 unspecified atom stereocenters. The lowest BCUT2D eigenvalue weighted by Crippen LogP contribution is -2.48. The van der Waals surface area contributed by atoms with Crippen LogP contribution in [0.3, 0.4) is 0 Å². The third-order valence-electron chi connectivity index (χ3n) is 6.31. The molecule has 5 heteroatoms. The molecule has 0 aromatic heterocycles. The van der Waals surface area contributed by atoms with Gasteiger partial charge in [-0.1, -0.05) is 35.9 Å². The Labute approximate surface area is 162 Å². The van der Waals surface area contributed by atoms with Crippen molar-refractivity contribution in [3.8, 4) is 5.75 Å². The summed E-state index contributed by atoms with van der Waals surface area (Å²) in [6.45, 7) is 0. The van der Waals surface area contributed by atoms with Crippen molar-refractivity contribution >= 4 is 29.0 Å². The fraction of sp³-hybridized carbons (Fsp3) is 0.273. The number of rotatable bonds is 3. The minimum Gasteiger partial charge on any atom is -0.497 e. The molecule has 4 nitrogen and oxygen atoms in total. The molecule has 1 heterocycles. The lowest BCUT2D eigenvalue weighted by Gasteiger charge is -2.36. The molecule has 27 heavy (non-hydrogen) atoms. The normalized spacial score (nSPS) is 29.9. The Morgan fingerprint density at radius 3 is 2.89 bits per heavy atom. The Bertz CT molecular complexity index is 1010. The van der Waals surface area contributed by atoms with Gasteiger partial charge >= 0.3 is 0 Å². The maximum absolute atomic E-state index is 13.6. The van der Waals surface area contributed by atoms with Crippen molar-refractivity contribution in [3.05, 3.63) is 70.8 Å². The van der Waals surface area contributed by atoms with Crippen LogP contribution in [-0.2, 0) is 10.2 Å². The van der Waals surface area contributed by atoms with E-state index < -0.39 is 11.3 Å². The van der Waals surface area contributed by atoms with Crippen molar-refractivity contribution in [2.75, 3.05) is 12.4 Å². The van der Waals surface area contributed by atoms with Crippen molar-refractivity contribution in [3.63, 3.8) is 0 Å². The Balaban J connectivity index is 1.68. The molecule has 4 atom stereocenters. The van der Waals surface area contributed by atoms with Gasteiger partial charge in [0, 0.05) is 22.2 Å². The Morgan fingerprint density at radius 2 is 2.07 bits per heavy atom. The molecule has 0 radical (unpaired) electrons. The van der Waals surface area contributed by atoms with E-state index in [9.17, 15) is 9.59 Å². The van der Waals surface area contributed by atoms with E-state index in [-0.39, 0.29) is 23.5 Å². The molecule has 1 amide bonds. The van der Waals surface area contributed by atoms with Gasteiger partial charge in [0.25, 0.3) is 0 Å². The number of methoxy groups -OCH3 is 1. The Hall–Kier alpha value is -2.59. The van der Waals surface area contributed by atoms with E-state index in [1.807, 2.05) is 18.2 Å². The zero-order valence-corrected chi connectivity index (χ0v) is 15.5. The first kappa shape index (κ1) is 16.6. The van der Waals surface area contributed by atoms with Gasteiger partial charge in [-0.05, 0) is 54.2 Å². The maximum atomic E-state index is 13.6. The van der Waals surface area contributed by atoms with E-state index in [0.29, 0.717) is 16.3 Å². The van der Waals surface area contributed by atoms with Crippen molar-refractivity contribution in [1.82, 2.24) is 0 Å². The molecule has 1 saturated carbocycles. The third kappa shape index (κ3) is 2.10. The monoisotopic (exact) mass is 379 g/mol. The molecule has 2 bridgehead atoms. The molecule has 136 valence electrons. The van der Waals surface area contributed by atoms with E-state index in [1.54, 1.807) is 31.4 Å². The topological polar surface area (TPSA) is 55.4 Å². The van der Waals surface area contributed by atoms with Crippen molar-refractivity contribution in [1.29, 1.82) is 0 Å². The van der Waals surface area contributed by atoms with Crippen LogP contribution >= 0.6 is 11.6 Å². The molecule has 1 N–H and O–H groups in total. The summed E-state index contributed by atoms with van der Waals surface area (Å²) in [5.41, 5.74) is 1.29. The summed E-state index contributed by atoms with van der Waals surface area (Å²) in [5.74, 6) is 0.116. The highest BCUT2D eigenvalue weighted by Gasteiger charge is 2.66. The average molecular weight is 380 g/mol. The van der Waals surface area contributed by atoms with Crippen LogP contribution in [0.15, 0.2) is 54.6 Å². The number of benzene rings is 2. The second-order valence-electron chi connectivity index (χ2n) is 7.48. The zero-order chi connectivity index (χ0) is 18.8. The van der Waals surface area contributed by atoms with Gasteiger partial charge in [-0.3, -0.25) is 9.59 Å². The number of amides is 1. The predicted octanol–water partition coefficient (Wildman–Crippen LogP) is 4.24. The molecule has 1 aliphatic heterocycles. The number of ether oxygens (including phenoxy) is 1. The van der Waals surface area contributed by atoms with E-state index in [2.05, 4.69) is 17.5 Å². The number of allylic oxidation sites excluding steroid dienone is 2. The van der Waals surface area contributed by atoms with Crippen LogP contribution < -0.4 is 10.1 Å². The summed E-state index contributed by atoms with van der Waals surface area (Å²) in [4.78, 5) is 26.9. The number of nitrogens with one attached hydrogen (secondary N) is 1. The zero-order valence-electron chi connectivity index (χ0n) is 14.7. The van der Waals surface area contributed by atoms with Crippen molar-refractivity contribution in [2.45, 2.75) is 11.8 Å². The quantitative estimate of drug-likeness (QED) is 0.641. The summed E-state index contributed by atoms with van der Waals surface area (Å²) in [7, 11) is 1.58. The van der Waals surface area contributed by atoms with Crippen molar-refractivity contribution in [2.24, 2.45) is 17.8 Å². The van der Waals surface area contributed by atoms with E-state index in [1.165, 1.54) is 0 Å². The molecule has 3 aliphatic rings. The first-order chi connectivity index (χ1) is 13.1. The first-order valence-corrected chi connectivity index (χ1v) is 9.41. The van der Waals surface area contributed by atoms with Gasteiger partial charge in [0.05, 0.1) is 12.5 Å². The minimum atomic E-state index is -0.889. The largest absolute Gasteiger partial charge is 0.497 e. The number of hydrogen-bond donors (Lipinski definition) is 1. The lowest BCUT2D eigenvalue weighted by molar-refractivity contribution is -0.122. The van der Waals surface area contributed by atoms with E-state index in [0.717, 1.165) is 17.7 Å². The number of halogens is 1. The fourth-order valence-corrected chi connectivity index (χ4v) is 5.40. The van der Waals surface area contributed by atoms with Gasteiger partial charge in [-0.2, -0.15) is 0 Å². The Morgan fingerprint density at radius 1 is 1.22 bits per heavy atom. The van der Waals surface area contributed by atoms with Gasteiger partial charge in [0.2, 0.25) is 5.91 Å². The summed E-state index contributed by atoms with van der Waals surface area (Å²) in [6.07, 6.45) is 4.99. The highest BCUT2D eigenvalue weighted by atomic mass is 35.5. The fourth-order valence-electron chi connectivity index (χ4n) is 5.23. The molecule has 2 aliphatic carbocycles. The number of anilines is 1. The van der Waals surface area contributed by atoms with Crippen LogP contribution in [0.2, 0.25) is 5.02 Å². The first-order valence-electron chi connectivity index (χ1n) is 9.03. The summed E-state index contributed by atoms with van der Waals surface area (Å²) in [5, 5.41) is 3.57. The summed E-state index contributed by atoms with van der Waals surface area (Å²) < 4.78 is 5.28. The van der Waals surface area contributed by atoms with Crippen LogP contribution in [0.25, 0.3) is 0 Å². The lowest BCUT2D eigenvalue weighted by atomic mass is 9.63. The van der Waals surface area contributed by atoms with Crippen LogP contribution in [0.5, 0.6) is 5.75 Å². The molecule has 5 rings (SSSR count). The highest BCUT2D eigenvalue weighted by Crippen LogP contribution is 2.62. The SMILES string of the molecule is COc1cccc(C(=O)C2C3C=CC(C3)C23C(=O)Nc2ccc(Cl)cc23)c1. The smallest absolute Gasteiger partial charge is 0.236 e. The molecule has 1 fully saturated rings. The summed E-state index contributed by atoms with van der Waals surface area (Å²) >= 11 is 6.26. The van der Waals surface area contributed by atoms with Crippen LogP contribution in [-0.4, -0.2) is 18.8 Å². The average Bonchev–Trinajstić information content (AvgIpc) is 3.35. The predicted molar refractivity (Wildman–Crippen MR) is 103 cm³/mol. The third-order valence-corrected chi connectivity index (χ3v) is 6.54. The summed E-state index contributed by atoms with van der Waals surface area (Å²) in [6, 6.07) is 12.6. The van der Waals surface area contributed by atoms with Crippen LogP contribution in [0.1, 0.15) is 22.3 Å². The minimum absolute atomic E-state index is 0.00164. The van der Waals surface area contributed by atoms with E-state index in [4.69, 9.17) is 16.3 Å². The number of Topliss-reactive ketones (excluding diaryl/α,β-unsaturated/α-hetero) is 1. The molecule has 0 saturated heterocycles. The second-order valence-corrected chi connectivity index (χ2v) is 7.91. The van der Waals surface area contributed by atoms with Crippen LogP contribution in [0, 0.1) is 17.8 Å². The van der Waals surface area contributed by atoms with Gasteiger partial charge in [0.15, 0.2) is 5.78 Å². The highest BCUT2D eigenvalue weighted by molar-refractivity contribution is 6.31. The number of carbonyl (C=O) groups excluding carboxylic acids is 2. The maximum Gasteiger partial charge on any atom is 0.236 e. The molecular weight excluding hydrogens is 362 g/mol. The Kier molecular flexibility index (Phi) is 3.50. The molecule has 1 spiro atoms. The van der Waals surface area contributed by atoms with Gasteiger partial charge in [-0.25, -0.2) is 0 Å². The second kappa shape index (κ2) is 5.70. The molecule has 2 aromatic rings. The number of fused-ring (bicyclic) bond motifs is 5. The van der Waals surface area contributed by atoms with Crippen molar-refractivity contribution < 1.29 is 14.3 Å². The van der Waals surface area contributed by atoms with Gasteiger partial charge in [-0.15, -0.1) is 0 Å². The standard InChI is InChI=1S/C22H18ClNO3/c1-27-16-4-2-3-13(10-16)20(25)19-12-5-6-14(9-12)22(19)17-11-15(23)7-8-18(17)24-21(22)26/h2-8,10-12,14,19H,9H2,1H3,(H,24,26). The number of hydrogen-bond acceptors (Lipinski definition) is 3.